The van der Waals surface area contributed by atoms with Crippen molar-refractivity contribution in [3.63, 3.8) is 0 Å². The van der Waals surface area contributed by atoms with E-state index in [4.69, 9.17) is 32.8 Å². The van der Waals surface area contributed by atoms with Gasteiger partial charge in [-0.1, -0.05) is 24.6 Å². The molecule has 1 aromatic carbocycles. The number of nitrogens with zero attached hydrogens (tertiary/aromatic N) is 6. The molecule has 3 heterocycles. The number of rotatable bonds is 9. The SMILES string of the molecule is CCC(Nc1nc(N)nc(N)c1C#N)c1nc2cccc(Cl)c2c(=O)n1-c1cc(CCCOC)[nH]n1. The fourth-order valence-electron chi connectivity index (χ4n) is 3.89. The van der Waals surface area contributed by atoms with Gasteiger partial charge in [0.25, 0.3) is 5.56 Å². The van der Waals surface area contributed by atoms with Crippen molar-refractivity contribution in [3.05, 3.63) is 56.7 Å². The maximum Gasteiger partial charge on any atom is 0.268 e. The number of aryl methyl sites for hydroxylation is 1. The molecule has 0 radical (unpaired) electrons. The average Bonchev–Trinajstić information content (AvgIpc) is 3.30. The molecule has 13 heteroatoms. The van der Waals surface area contributed by atoms with Crippen molar-refractivity contribution in [3.8, 4) is 11.9 Å². The molecule has 0 aliphatic rings. The van der Waals surface area contributed by atoms with Gasteiger partial charge < -0.3 is 21.5 Å². The second-order valence-electron chi connectivity index (χ2n) is 8.00. The number of hydrogen-bond acceptors (Lipinski definition) is 10. The Morgan fingerprint density at radius 3 is 2.83 bits per heavy atom. The smallest absolute Gasteiger partial charge is 0.268 e. The number of H-pyrrole nitrogens is 1. The van der Waals surface area contributed by atoms with Crippen molar-refractivity contribution in [2.24, 2.45) is 0 Å². The molecule has 1 atom stereocenters. The highest BCUT2D eigenvalue weighted by Gasteiger charge is 2.24. The van der Waals surface area contributed by atoms with Gasteiger partial charge in [-0.3, -0.25) is 9.89 Å². The third-order valence-electron chi connectivity index (χ3n) is 5.61. The van der Waals surface area contributed by atoms with Gasteiger partial charge in [0.1, 0.15) is 23.3 Å². The molecule has 36 heavy (non-hydrogen) atoms. The maximum absolute atomic E-state index is 13.8. The molecule has 0 spiro atoms. The van der Waals surface area contributed by atoms with E-state index in [0.717, 1.165) is 12.1 Å². The van der Waals surface area contributed by atoms with E-state index in [1.165, 1.54) is 4.57 Å². The first-order valence-electron chi connectivity index (χ1n) is 11.2. The number of benzene rings is 1. The summed E-state index contributed by atoms with van der Waals surface area (Å²) in [4.78, 5) is 26.5. The highest BCUT2D eigenvalue weighted by molar-refractivity contribution is 6.35. The van der Waals surface area contributed by atoms with Crippen molar-refractivity contribution < 1.29 is 4.74 Å². The zero-order valence-electron chi connectivity index (χ0n) is 19.7. The normalized spacial score (nSPS) is 11.9. The lowest BCUT2D eigenvalue weighted by molar-refractivity contribution is 0.195. The first-order chi connectivity index (χ1) is 17.4. The van der Waals surface area contributed by atoms with Crippen LogP contribution >= 0.6 is 11.6 Å². The van der Waals surface area contributed by atoms with Crippen LogP contribution in [0.3, 0.4) is 0 Å². The van der Waals surface area contributed by atoms with Gasteiger partial charge in [0, 0.05) is 25.5 Å². The van der Waals surface area contributed by atoms with Crippen molar-refractivity contribution in [1.29, 1.82) is 5.26 Å². The van der Waals surface area contributed by atoms with Crippen LogP contribution in [0.2, 0.25) is 5.02 Å². The summed E-state index contributed by atoms with van der Waals surface area (Å²) < 4.78 is 6.53. The minimum absolute atomic E-state index is 0.0422. The Bertz CT molecular complexity index is 1510. The summed E-state index contributed by atoms with van der Waals surface area (Å²) in [7, 11) is 1.64. The summed E-state index contributed by atoms with van der Waals surface area (Å²) in [6.07, 6.45) is 1.94. The predicted molar refractivity (Wildman–Crippen MR) is 137 cm³/mol. The second kappa shape index (κ2) is 10.6. The third-order valence-corrected chi connectivity index (χ3v) is 5.93. The van der Waals surface area contributed by atoms with Gasteiger partial charge in [-0.15, -0.1) is 0 Å². The summed E-state index contributed by atoms with van der Waals surface area (Å²) >= 11 is 6.39. The fourth-order valence-corrected chi connectivity index (χ4v) is 4.14. The predicted octanol–water partition coefficient (Wildman–Crippen LogP) is 2.73. The molecule has 0 saturated carbocycles. The van der Waals surface area contributed by atoms with Crippen molar-refractivity contribution >= 4 is 40.1 Å². The van der Waals surface area contributed by atoms with E-state index < -0.39 is 6.04 Å². The van der Waals surface area contributed by atoms with Gasteiger partial charge in [0.2, 0.25) is 5.95 Å². The highest BCUT2D eigenvalue weighted by atomic mass is 35.5. The van der Waals surface area contributed by atoms with Gasteiger partial charge >= 0.3 is 0 Å². The lowest BCUT2D eigenvalue weighted by Crippen LogP contribution is -2.29. The van der Waals surface area contributed by atoms with E-state index in [0.29, 0.717) is 36.6 Å². The van der Waals surface area contributed by atoms with E-state index >= 15 is 0 Å². The maximum atomic E-state index is 13.8. The van der Waals surface area contributed by atoms with Crippen LogP contribution in [0.1, 0.15) is 42.9 Å². The molecule has 0 bridgehead atoms. The van der Waals surface area contributed by atoms with Gasteiger partial charge in [-0.05, 0) is 31.4 Å². The number of ether oxygens (including phenoxy) is 1. The lowest BCUT2D eigenvalue weighted by atomic mass is 10.1. The number of nitrogens with two attached hydrogens (primary N) is 2. The van der Waals surface area contributed by atoms with Crippen molar-refractivity contribution in [1.82, 2.24) is 29.7 Å². The number of anilines is 3. The number of fused-ring (bicyclic) bond motifs is 1. The standard InChI is InChI=1S/C23H25ClN10O2/c1-3-15(28-20-13(11-25)19(26)30-23(27)31-20)21-29-16-8-4-7-14(24)18(16)22(35)34(21)17-10-12(32-33-17)6-5-9-36-2/h4,7-8,10,15H,3,5-6,9H2,1-2H3,(H,32,33)(H5,26,27,28,30,31). The number of nitrogens with one attached hydrogen (secondary N) is 2. The van der Waals surface area contributed by atoms with Gasteiger partial charge in [-0.25, -0.2) is 9.55 Å². The quantitative estimate of drug-likeness (QED) is 0.245. The second-order valence-corrected chi connectivity index (χ2v) is 8.41. The Balaban J connectivity index is 1.88. The third kappa shape index (κ3) is 4.79. The Morgan fingerprint density at radius 2 is 2.11 bits per heavy atom. The Hall–Kier alpha value is -4.21. The van der Waals surface area contributed by atoms with Crippen LogP contribution < -0.4 is 22.3 Å². The van der Waals surface area contributed by atoms with E-state index in [-0.39, 0.29) is 39.1 Å². The van der Waals surface area contributed by atoms with Gasteiger partial charge in [0.05, 0.1) is 22.0 Å². The summed E-state index contributed by atoms with van der Waals surface area (Å²) in [6.45, 7) is 2.50. The van der Waals surface area contributed by atoms with Crippen LogP contribution in [0, 0.1) is 11.3 Å². The van der Waals surface area contributed by atoms with Crippen LogP contribution in [-0.2, 0) is 11.2 Å². The molecule has 12 nitrogen and oxygen atoms in total. The van der Waals surface area contributed by atoms with Crippen LogP contribution in [0.15, 0.2) is 29.1 Å². The number of hydrogen-bond donors (Lipinski definition) is 4. The molecule has 186 valence electrons. The van der Waals surface area contributed by atoms with Gasteiger partial charge in [0.15, 0.2) is 11.6 Å². The van der Waals surface area contributed by atoms with Crippen LogP contribution in [-0.4, -0.2) is 43.4 Å². The zero-order chi connectivity index (χ0) is 25.8. The van der Waals surface area contributed by atoms with E-state index in [1.807, 2.05) is 13.0 Å². The topological polar surface area (TPSA) is 186 Å². The number of nitrogen functional groups attached to an aromatic ring is 2. The number of nitriles is 1. The molecule has 4 rings (SSSR count). The number of aromatic nitrogens is 6. The van der Waals surface area contributed by atoms with Crippen molar-refractivity contribution in [2.75, 3.05) is 30.5 Å². The Kier molecular flexibility index (Phi) is 7.33. The molecular formula is C23H25ClN10O2. The van der Waals surface area contributed by atoms with E-state index in [9.17, 15) is 10.1 Å². The molecule has 0 fully saturated rings. The minimum atomic E-state index is -0.574. The van der Waals surface area contributed by atoms with Crippen LogP contribution in [0.5, 0.6) is 0 Å². The zero-order valence-corrected chi connectivity index (χ0v) is 20.5. The summed E-state index contributed by atoms with van der Waals surface area (Å²) in [5.41, 5.74) is 12.6. The largest absolute Gasteiger partial charge is 0.385 e. The van der Waals surface area contributed by atoms with Gasteiger partial charge in [-0.2, -0.15) is 20.3 Å². The van der Waals surface area contributed by atoms with E-state index in [1.54, 1.807) is 31.4 Å². The monoisotopic (exact) mass is 508 g/mol. The number of aromatic amines is 1. The number of methoxy groups -OCH3 is 1. The Labute approximate surface area is 211 Å². The first-order valence-corrected chi connectivity index (χ1v) is 11.6. The van der Waals surface area contributed by atoms with E-state index in [2.05, 4.69) is 25.5 Å². The molecule has 0 aliphatic carbocycles. The highest BCUT2D eigenvalue weighted by Crippen LogP contribution is 2.28. The molecule has 0 amide bonds. The number of halogens is 1. The molecule has 6 N–H and O–H groups in total. The molecule has 4 aromatic rings. The van der Waals surface area contributed by atoms with Crippen LogP contribution in [0.25, 0.3) is 16.7 Å². The molecule has 0 aliphatic heterocycles. The van der Waals surface area contributed by atoms with Crippen LogP contribution in [0.4, 0.5) is 17.6 Å². The molecule has 0 saturated heterocycles. The average molecular weight is 509 g/mol. The lowest BCUT2D eigenvalue weighted by Gasteiger charge is -2.22. The van der Waals surface area contributed by atoms with Crippen molar-refractivity contribution in [2.45, 2.75) is 32.2 Å². The molecule has 3 aromatic heterocycles. The summed E-state index contributed by atoms with van der Waals surface area (Å²) in [6, 6.07) is 8.28. The first kappa shape index (κ1) is 24.9. The summed E-state index contributed by atoms with van der Waals surface area (Å²) in [5.74, 6) is 0.716. The molecule has 1 unspecified atom stereocenters. The molecular weight excluding hydrogens is 484 g/mol. The summed E-state index contributed by atoms with van der Waals surface area (Å²) in [5, 5.41) is 20.7. The fraction of sp³-hybridized carbons (Fsp3) is 0.304. The minimum Gasteiger partial charge on any atom is -0.385 e. The Morgan fingerprint density at radius 1 is 1.31 bits per heavy atom.